The van der Waals surface area contributed by atoms with Crippen LogP contribution in [0.2, 0.25) is 0 Å². The van der Waals surface area contributed by atoms with Crippen molar-refractivity contribution in [2.75, 3.05) is 27.0 Å². The number of hydrogen-bond donors (Lipinski definition) is 0. The molecule has 4 rings (SSSR count). The van der Waals surface area contributed by atoms with Gasteiger partial charge in [-0.05, 0) is 25.1 Å². The van der Waals surface area contributed by atoms with Gasteiger partial charge in [-0.15, -0.1) is 0 Å². The first kappa shape index (κ1) is 24.1. The Bertz CT molecular complexity index is 1080. The highest BCUT2D eigenvalue weighted by Gasteiger charge is 2.52. The van der Waals surface area contributed by atoms with Gasteiger partial charge in [-0.1, -0.05) is 12.1 Å². The highest BCUT2D eigenvalue weighted by Crippen LogP contribution is 2.44. The Morgan fingerprint density at radius 2 is 2.03 bits per heavy atom. The van der Waals surface area contributed by atoms with Crippen LogP contribution in [0.3, 0.4) is 0 Å². The number of nitrogens with zero attached hydrogens (tertiary/aromatic N) is 2. The number of aromatic nitrogens is 1. The number of methoxy groups -OCH3 is 1. The zero-order valence-electron chi connectivity index (χ0n) is 18.2. The summed E-state index contributed by atoms with van der Waals surface area (Å²) in [4.78, 5) is 18.5. The molecule has 1 aromatic carbocycles. The molecule has 2 aliphatic heterocycles. The molecular weight excluding hydrogens is 467 g/mol. The van der Waals surface area contributed by atoms with E-state index in [0.717, 1.165) is 13.0 Å². The molecule has 184 valence electrons. The number of rotatable bonds is 5. The van der Waals surface area contributed by atoms with Crippen molar-refractivity contribution < 1.29 is 45.7 Å². The fraction of sp³-hybridized carbons (Fsp3) is 0.455. The van der Waals surface area contributed by atoms with E-state index in [2.05, 4.69) is 4.98 Å². The first-order valence-corrected chi connectivity index (χ1v) is 10.3. The molecule has 7 nitrogen and oxygen atoms in total. The summed E-state index contributed by atoms with van der Waals surface area (Å²) in [7, 11) is 1.19. The normalized spacial score (nSPS) is 23.4. The zero-order valence-corrected chi connectivity index (χ0v) is 18.2. The van der Waals surface area contributed by atoms with E-state index in [1.165, 1.54) is 36.3 Å². The van der Waals surface area contributed by atoms with Gasteiger partial charge in [0.1, 0.15) is 24.2 Å². The van der Waals surface area contributed by atoms with Crippen LogP contribution in [0.4, 0.5) is 22.0 Å². The summed E-state index contributed by atoms with van der Waals surface area (Å²) in [6, 6.07) is 6.19. The summed E-state index contributed by atoms with van der Waals surface area (Å²) >= 11 is 0. The number of piperidine rings is 1. The van der Waals surface area contributed by atoms with Gasteiger partial charge in [0.05, 0.1) is 13.7 Å². The standard InChI is InChI=1S/C22H21F5N2O5/c1-12(22(25,26)27)34-16-7-6-15(28-19(16)31-2)20(30)29-9-8-21(17(10-29)32-11-33-21)13-4-3-5-14(23)18(13)24/h3-7,12,17H,8-11H2,1-2H3. The van der Waals surface area contributed by atoms with Crippen molar-refractivity contribution in [2.45, 2.75) is 37.3 Å². The molecule has 3 atom stereocenters. The van der Waals surface area contributed by atoms with Gasteiger partial charge in [0.25, 0.3) is 11.8 Å². The molecule has 0 saturated carbocycles. The van der Waals surface area contributed by atoms with E-state index in [1.54, 1.807) is 0 Å². The zero-order chi connectivity index (χ0) is 24.7. The van der Waals surface area contributed by atoms with Gasteiger partial charge in [0.15, 0.2) is 23.5 Å². The van der Waals surface area contributed by atoms with E-state index in [-0.39, 0.29) is 49.2 Å². The Labute approximate surface area is 191 Å². The maximum absolute atomic E-state index is 14.5. The molecule has 0 N–H and O–H groups in total. The van der Waals surface area contributed by atoms with Crippen LogP contribution in [-0.2, 0) is 15.1 Å². The van der Waals surface area contributed by atoms with Gasteiger partial charge < -0.3 is 23.8 Å². The molecule has 1 aromatic heterocycles. The predicted octanol–water partition coefficient (Wildman–Crippen LogP) is 3.81. The van der Waals surface area contributed by atoms with Crippen LogP contribution in [-0.4, -0.2) is 61.2 Å². The molecule has 0 aliphatic carbocycles. The lowest BCUT2D eigenvalue weighted by Crippen LogP contribution is -2.54. The minimum Gasteiger partial charge on any atom is -0.478 e. The number of halogens is 5. The second-order valence-electron chi connectivity index (χ2n) is 7.92. The lowest BCUT2D eigenvalue weighted by Gasteiger charge is -2.41. The van der Waals surface area contributed by atoms with E-state index in [9.17, 15) is 26.7 Å². The van der Waals surface area contributed by atoms with Crippen molar-refractivity contribution in [3.63, 3.8) is 0 Å². The maximum atomic E-state index is 14.5. The number of carbonyl (C=O) groups excluding carboxylic acids is 1. The summed E-state index contributed by atoms with van der Waals surface area (Å²) in [5.74, 6) is -3.14. The Morgan fingerprint density at radius 1 is 1.26 bits per heavy atom. The monoisotopic (exact) mass is 488 g/mol. The number of pyridine rings is 1. The third kappa shape index (κ3) is 4.27. The second-order valence-corrected chi connectivity index (χ2v) is 7.92. The van der Waals surface area contributed by atoms with Crippen molar-refractivity contribution in [2.24, 2.45) is 0 Å². The molecule has 2 aromatic rings. The number of benzene rings is 1. The van der Waals surface area contributed by atoms with Gasteiger partial charge in [0, 0.05) is 18.5 Å². The Balaban J connectivity index is 1.53. The molecule has 2 aliphatic rings. The number of carbonyl (C=O) groups is 1. The third-order valence-corrected chi connectivity index (χ3v) is 5.94. The van der Waals surface area contributed by atoms with E-state index in [0.29, 0.717) is 0 Å². The summed E-state index contributed by atoms with van der Waals surface area (Å²) in [5.41, 5.74) is -1.33. The highest BCUT2D eigenvalue weighted by molar-refractivity contribution is 5.92. The lowest BCUT2D eigenvalue weighted by atomic mass is 9.81. The molecule has 34 heavy (non-hydrogen) atoms. The van der Waals surface area contributed by atoms with Crippen LogP contribution in [0.15, 0.2) is 30.3 Å². The first-order valence-electron chi connectivity index (χ1n) is 10.3. The van der Waals surface area contributed by atoms with Gasteiger partial charge in [-0.2, -0.15) is 13.2 Å². The summed E-state index contributed by atoms with van der Waals surface area (Å²) in [6.45, 7) is 0.798. The van der Waals surface area contributed by atoms with Crippen molar-refractivity contribution in [3.8, 4) is 11.6 Å². The van der Waals surface area contributed by atoms with Crippen molar-refractivity contribution in [3.05, 3.63) is 53.2 Å². The maximum Gasteiger partial charge on any atom is 0.425 e. The van der Waals surface area contributed by atoms with E-state index >= 15 is 0 Å². The van der Waals surface area contributed by atoms with Crippen LogP contribution >= 0.6 is 0 Å². The van der Waals surface area contributed by atoms with Crippen LogP contribution < -0.4 is 9.47 Å². The number of fused-ring (bicyclic) bond motifs is 1. The molecular formula is C22H21F5N2O5. The van der Waals surface area contributed by atoms with E-state index in [4.69, 9.17) is 18.9 Å². The smallest absolute Gasteiger partial charge is 0.425 e. The fourth-order valence-electron chi connectivity index (χ4n) is 4.08. The number of ether oxygens (including phenoxy) is 4. The molecule has 3 heterocycles. The van der Waals surface area contributed by atoms with E-state index < -0.39 is 41.5 Å². The predicted molar refractivity (Wildman–Crippen MR) is 106 cm³/mol. The molecule has 0 spiro atoms. The summed E-state index contributed by atoms with van der Waals surface area (Å²) in [5, 5.41) is 0. The van der Waals surface area contributed by atoms with Crippen LogP contribution in [0.5, 0.6) is 11.6 Å². The third-order valence-electron chi connectivity index (χ3n) is 5.94. The second kappa shape index (κ2) is 8.99. The number of likely N-dealkylation sites (tertiary alicyclic amines) is 1. The van der Waals surface area contributed by atoms with Crippen molar-refractivity contribution in [1.29, 1.82) is 0 Å². The molecule has 2 saturated heterocycles. The largest absolute Gasteiger partial charge is 0.478 e. The average molecular weight is 488 g/mol. The fourth-order valence-corrected chi connectivity index (χ4v) is 4.08. The number of amides is 1. The lowest BCUT2D eigenvalue weighted by molar-refractivity contribution is -0.189. The van der Waals surface area contributed by atoms with Gasteiger partial charge >= 0.3 is 6.18 Å². The Kier molecular flexibility index (Phi) is 6.38. The quantitative estimate of drug-likeness (QED) is 0.597. The molecule has 12 heteroatoms. The Morgan fingerprint density at radius 3 is 2.74 bits per heavy atom. The molecule has 0 bridgehead atoms. The van der Waals surface area contributed by atoms with E-state index in [1.807, 2.05) is 0 Å². The summed E-state index contributed by atoms with van der Waals surface area (Å²) in [6.07, 6.45) is -7.34. The SMILES string of the molecule is COc1nc(C(=O)N2CCC3(c4cccc(F)c4F)OCOC3C2)ccc1OC(C)C(F)(F)F. The van der Waals surface area contributed by atoms with Crippen LogP contribution in [0.1, 0.15) is 29.4 Å². The molecule has 0 radical (unpaired) electrons. The van der Waals surface area contributed by atoms with Crippen molar-refractivity contribution >= 4 is 5.91 Å². The molecule has 2 fully saturated rings. The van der Waals surface area contributed by atoms with Crippen molar-refractivity contribution in [1.82, 2.24) is 9.88 Å². The van der Waals surface area contributed by atoms with Gasteiger partial charge in [-0.25, -0.2) is 13.8 Å². The minimum atomic E-state index is -4.59. The molecule has 1 amide bonds. The average Bonchev–Trinajstić information content (AvgIpc) is 3.24. The minimum absolute atomic E-state index is 0.00212. The number of hydrogen-bond acceptors (Lipinski definition) is 6. The van der Waals surface area contributed by atoms with Gasteiger partial charge in [-0.3, -0.25) is 4.79 Å². The Hall–Kier alpha value is -2.99. The highest BCUT2D eigenvalue weighted by atomic mass is 19.4. The molecule has 3 unspecified atom stereocenters. The van der Waals surface area contributed by atoms with Crippen LogP contribution in [0.25, 0.3) is 0 Å². The number of alkyl halides is 3. The summed E-state index contributed by atoms with van der Waals surface area (Å²) < 4.78 is 88.0. The first-order chi connectivity index (χ1) is 16.1. The van der Waals surface area contributed by atoms with Crippen LogP contribution in [0, 0.1) is 11.6 Å². The topological polar surface area (TPSA) is 70.1 Å². The van der Waals surface area contributed by atoms with Gasteiger partial charge in [0.2, 0.25) is 0 Å².